The standard InChI is InChI=1S/C19H26N4O3/c1-4-6-17(24)22-9-5-10-23(12-11-22)18(25)14-7-8-15-16(13-14)21(3)19(26)20(15)2/h7-8,13H,4-6,9-12H2,1-3H3. The zero-order valence-corrected chi connectivity index (χ0v) is 15.7. The molecule has 0 atom stereocenters. The van der Waals surface area contributed by atoms with Gasteiger partial charge in [-0.2, -0.15) is 0 Å². The normalized spacial score (nSPS) is 15.3. The lowest BCUT2D eigenvalue weighted by Gasteiger charge is -2.22. The van der Waals surface area contributed by atoms with E-state index in [0.717, 1.165) is 23.9 Å². The van der Waals surface area contributed by atoms with Crippen LogP contribution in [0.25, 0.3) is 11.0 Å². The van der Waals surface area contributed by atoms with Crippen LogP contribution in [0.2, 0.25) is 0 Å². The van der Waals surface area contributed by atoms with Crippen LogP contribution in [0, 0.1) is 0 Å². The molecule has 0 saturated carbocycles. The Bertz CT molecular complexity index is 896. The maximum atomic E-state index is 12.9. The molecule has 0 N–H and O–H groups in total. The van der Waals surface area contributed by atoms with Gasteiger partial charge in [-0.15, -0.1) is 0 Å². The minimum atomic E-state index is -0.107. The zero-order chi connectivity index (χ0) is 18.8. The minimum absolute atomic E-state index is 0.0482. The summed E-state index contributed by atoms with van der Waals surface area (Å²) in [6.45, 7) is 4.46. The van der Waals surface area contributed by atoms with Crippen LogP contribution in [0.3, 0.4) is 0 Å². The van der Waals surface area contributed by atoms with Gasteiger partial charge in [0, 0.05) is 52.3 Å². The van der Waals surface area contributed by atoms with Crippen molar-refractivity contribution in [3.63, 3.8) is 0 Å². The maximum Gasteiger partial charge on any atom is 0.328 e. The fourth-order valence-corrected chi connectivity index (χ4v) is 3.56. The van der Waals surface area contributed by atoms with Gasteiger partial charge in [-0.3, -0.25) is 18.7 Å². The third kappa shape index (κ3) is 3.25. The second-order valence-electron chi connectivity index (χ2n) is 6.88. The van der Waals surface area contributed by atoms with Gasteiger partial charge in [-0.05, 0) is 31.0 Å². The van der Waals surface area contributed by atoms with E-state index in [0.29, 0.717) is 38.2 Å². The van der Waals surface area contributed by atoms with Crippen LogP contribution in [0.1, 0.15) is 36.5 Å². The van der Waals surface area contributed by atoms with Gasteiger partial charge in [0.2, 0.25) is 5.91 Å². The van der Waals surface area contributed by atoms with Crippen LogP contribution in [-0.2, 0) is 18.9 Å². The van der Waals surface area contributed by atoms with Gasteiger partial charge < -0.3 is 9.80 Å². The highest BCUT2D eigenvalue weighted by atomic mass is 16.2. The number of aryl methyl sites for hydroxylation is 2. The predicted molar refractivity (Wildman–Crippen MR) is 100 cm³/mol. The lowest BCUT2D eigenvalue weighted by Crippen LogP contribution is -2.37. The van der Waals surface area contributed by atoms with Crippen molar-refractivity contribution in [1.29, 1.82) is 0 Å². The topological polar surface area (TPSA) is 67.6 Å². The molecule has 0 bridgehead atoms. The lowest BCUT2D eigenvalue weighted by atomic mass is 10.1. The lowest BCUT2D eigenvalue weighted by molar-refractivity contribution is -0.131. The first-order chi connectivity index (χ1) is 12.4. The first-order valence-corrected chi connectivity index (χ1v) is 9.16. The Hall–Kier alpha value is -2.57. The van der Waals surface area contributed by atoms with E-state index in [1.165, 1.54) is 0 Å². The Balaban J connectivity index is 1.79. The molecule has 1 aromatic carbocycles. The van der Waals surface area contributed by atoms with Crippen molar-refractivity contribution < 1.29 is 9.59 Å². The predicted octanol–water partition coefficient (Wildman–Crippen LogP) is 1.35. The number of fused-ring (bicyclic) bond motifs is 1. The number of rotatable bonds is 3. The van der Waals surface area contributed by atoms with E-state index in [-0.39, 0.29) is 17.5 Å². The summed E-state index contributed by atoms with van der Waals surface area (Å²) < 4.78 is 3.13. The van der Waals surface area contributed by atoms with Gasteiger partial charge in [0.05, 0.1) is 11.0 Å². The van der Waals surface area contributed by atoms with E-state index in [9.17, 15) is 14.4 Å². The van der Waals surface area contributed by atoms with E-state index in [1.54, 1.807) is 40.3 Å². The van der Waals surface area contributed by atoms with Crippen LogP contribution < -0.4 is 5.69 Å². The number of amides is 2. The van der Waals surface area contributed by atoms with Crippen molar-refractivity contribution in [1.82, 2.24) is 18.9 Å². The third-order valence-corrected chi connectivity index (χ3v) is 5.12. The zero-order valence-electron chi connectivity index (χ0n) is 15.7. The molecular formula is C19H26N4O3. The summed E-state index contributed by atoms with van der Waals surface area (Å²) in [6, 6.07) is 5.37. The molecule has 2 aromatic rings. The Labute approximate surface area is 152 Å². The Kier molecular flexibility index (Phi) is 5.15. The monoisotopic (exact) mass is 358 g/mol. The first kappa shape index (κ1) is 18.2. The fraction of sp³-hybridized carbons (Fsp3) is 0.526. The summed E-state index contributed by atoms with van der Waals surface area (Å²) in [7, 11) is 3.44. The number of hydrogen-bond acceptors (Lipinski definition) is 3. The van der Waals surface area contributed by atoms with Crippen LogP contribution in [0.5, 0.6) is 0 Å². The molecule has 1 aromatic heterocycles. The number of carbonyl (C=O) groups excluding carboxylic acids is 2. The van der Waals surface area contributed by atoms with Gasteiger partial charge in [0.25, 0.3) is 5.91 Å². The van der Waals surface area contributed by atoms with Crippen molar-refractivity contribution >= 4 is 22.8 Å². The highest BCUT2D eigenvalue weighted by molar-refractivity contribution is 5.97. The van der Waals surface area contributed by atoms with Crippen molar-refractivity contribution in [2.75, 3.05) is 26.2 Å². The molecule has 1 saturated heterocycles. The largest absolute Gasteiger partial charge is 0.341 e. The Morgan fingerprint density at radius 1 is 0.962 bits per heavy atom. The third-order valence-electron chi connectivity index (χ3n) is 5.12. The van der Waals surface area contributed by atoms with E-state index in [4.69, 9.17) is 0 Å². The van der Waals surface area contributed by atoms with Gasteiger partial charge in [-0.25, -0.2) is 4.79 Å². The summed E-state index contributed by atoms with van der Waals surface area (Å²) >= 11 is 0. The molecule has 1 fully saturated rings. The van der Waals surface area contributed by atoms with Crippen molar-refractivity contribution in [2.45, 2.75) is 26.2 Å². The highest BCUT2D eigenvalue weighted by Crippen LogP contribution is 2.17. The van der Waals surface area contributed by atoms with Crippen LogP contribution in [-0.4, -0.2) is 56.9 Å². The van der Waals surface area contributed by atoms with Gasteiger partial charge in [-0.1, -0.05) is 6.92 Å². The average molecular weight is 358 g/mol. The van der Waals surface area contributed by atoms with Crippen molar-refractivity contribution in [3.8, 4) is 0 Å². The van der Waals surface area contributed by atoms with E-state index < -0.39 is 0 Å². The van der Waals surface area contributed by atoms with Crippen molar-refractivity contribution in [2.24, 2.45) is 14.1 Å². The molecule has 1 aliphatic heterocycles. The molecule has 1 aliphatic rings. The smallest absolute Gasteiger partial charge is 0.328 e. The van der Waals surface area contributed by atoms with Gasteiger partial charge in [0.1, 0.15) is 0 Å². The molecule has 7 nitrogen and oxygen atoms in total. The molecule has 26 heavy (non-hydrogen) atoms. The minimum Gasteiger partial charge on any atom is -0.341 e. The molecule has 2 amide bonds. The summed E-state index contributed by atoms with van der Waals surface area (Å²) in [5.41, 5.74) is 2.02. The molecule has 140 valence electrons. The quantitative estimate of drug-likeness (QED) is 0.832. The number of hydrogen-bond donors (Lipinski definition) is 0. The molecule has 0 radical (unpaired) electrons. The van der Waals surface area contributed by atoms with Crippen LogP contribution in [0.15, 0.2) is 23.0 Å². The molecule has 0 unspecified atom stereocenters. The Morgan fingerprint density at radius 2 is 1.62 bits per heavy atom. The number of aromatic nitrogens is 2. The average Bonchev–Trinajstić information content (AvgIpc) is 2.83. The molecule has 7 heteroatoms. The second-order valence-corrected chi connectivity index (χ2v) is 6.88. The number of benzene rings is 1. The Morgan fingerprint density at radius 3 is 2.35 bits per heavy atom. The molecule has 0 aliphatic carbocycles. The number of nitrogens with zero attached hydrogens (tertiary/aromatic N) is 4. The van der Waals surface area contributed by atoms with Crippen molar-refractivity contribution in [3.05, 3.63) is 34.2 Å². The molecular weight excluding hydrogens is 332 g/mol. The molecule has 2 heterocycles. The maximum absolute atomic E-state index is 12.9. The summed E-state index contributed by atoms with van der Waals surface area (Å²) in [4.78, 5) is 40.8. The molecule has 3 rings (SSSR count). The van der Waals surface area contributed by atoms with Gasteiger partial charge >= 0.3 is 5.69 Å². The number of imidazole rings is 1. The van der Waals surface area contributed by atoms with E-state index in [1.807, 2.05) is 17.9 Å². The van der Waals surface area contributed by atoms with Crippen LogP contribution >= 0.6 is 0 Å². The van der Waals surface area contributed by atoms with Crippen LogP contribution in [0.4, 0.5) is 0 Å². The van der Waals surface area contributed by atoms with Gasteiger partial charge in [0.15, 0.2) is 0 Å². The summed E-state index contributed by atoms with van der Waals surface area (Å²) in [5.74, 6) is 0.121. The summed E-state index contributed by atoms with van der Waals surface area (Å²) in [5, 5.41) is 0. The summed E-state index contributed by atoms with van der Waals surface area (Å²) in [6.07, 6.45) is 2.19. The highest BCUT2D eigenvalue weighted by Gasteiger charge is 2.23. The second kappa shape index (κ2) is 7.35. The number of carbonyl (C=O) groups is 2. The SMILES string of the molecule is CCCC(=O)N1CCCN(C(=O)c2ccc3c(c2)n(C)c(=O)n3C)CC1. The first-order valence-electron chi connectivity index (χ1n) is 9.16. The van der Waals surface area contributed by atoms with E-state index in [2.05, 4.69) is 0 Å². The molecule has 0 spiro atoms. The fourth-order valence-electron chi connectivity index (χ4n) is 3.56. The van der Waals surface area contributed by atoms with E-state index >= 15 is 0 Å².